The molecule has 0 bridgehead atoms. The highest BCUT2D eigenvalue weighted by molar-refractivity contribution is 14.0. The van der Waals surface area contributed by atoms with E-state index in [-0.39, 0.29) is 24.0 Å². The average Bonchev–Trinajstić information content (AvgIpc) is 2.96. The normalized spacial score (nSPS) is 11.4. The minimum Gasteiger partial charge on any atom is -0.357 e. The standard InChI is InChI=1S/C15H28N4S.HI/c1-5-16-15(17-10-12-18(3)6-2)19(4)11-9-14-8-7-13-20-14;/h7-8,13H,5-6,9-12H2,1-4H3,(H,16,17);1H. The highest BCUT2D eigenvalue weighted by Gasteiger charge is 2.06. The zero-order valence-corrected chi connectivity index (χ0v) is 16.8. The number of likely N-dealkylation sites (N-methyl/N-ethyl adjacent to an activating group) is 2. The molecule has 0 aliphatic rings. The number of nitrogens with zero attached hydrogens (tertiary/aromatic N) is 3. The number of nitrogens with one attached hydrogen (secondary N) is 1. The lowest BCUT2D eigenvalue weighted by atomic mass is 10.3. The van der Waals surface area contributed by atoms with E-state index >= 15 is 0 Å². The minimum absolute atomic E-state index is 0. The first-order valence-electron chi connectivity index (χ1n) is 7.37. The Labute approximate surface area is 150 Å². The van der Waals surface area contributed by atoms with E-state index in [0.29, 0.717) is 0 Å². The fraction of sp³-hybridized carbons (Fsp3) is 0.667. The van der Waals surface area contributed by atoms with Gasteiger partial charge >= 0.3 is 0 Å². The first kappa shape index (κ1) is 20.7. The molecular weight excluding hydrogens is 395 g/mol. The molecule has 0 radical (unpaired) electrons. The molecule has 0 fully saturated rings. The molecular formula is C15H29IN4S. The molecule has 21 heavy (non-hydrogen) atoms. The summed E-state index contributed by atoms with van der Waals surface area (Å²) in [5.74, 6) is 1.01. The number of thiophene rings is 1. The van der Waals surface area contributed by atoms with E-state index in [4.69, 9.17) is 4.99 Å². The fourth-order valence-corrected chi connectivity index (χ4v) is 2.49. The summed E-state index contributed by atoms with van der Waals surface area (Å²) < 4.78 is 0. The molecule has 1 aromatic heterocycles. The molecule has 0 aliphatic heterocycles. The molecule has 0 unspecified atom stereocenters. The smallest absolute Gasteiger partial charge is 0.193 e. The highest BCUT2D eigenvalue weighted by Crippen LogP contribution is 2.09. The van der Waals surface area contributed by atoms with Crippen LogP contribution in [-0.4, -0.2) is 62.6 Å². The van der Waals surface area contributed by atoms with E-state index in [1.807, 2.05) is 11.3 Å². The van der Waals surface area contributed by atoms with Gasteiger partial charge < -0.3 is 15.1 Å². The first-order chi connectivity index (χ1) is 9.67. The zero-order chi connectivity index (χ0) is 14.8. The van der Waals surface area contributed by atoms with Gasteiger partial charge in [0, 0.05) is 31.6 Å². The van der Waals surface area contributed by atoms with Crippen molar-refractivity contribution in [3.05, 3.63) is 22.4 Å². The van der Waals surface area contributed by atoms with Crippen molar-refractivity contribution in [3.8, 4) is 0 Å². The van der Waals surface area contributed by atoms with E-state index in [2.05, 4.69) is 60.6 Å². The maximum absolute atomic E-state index is 4.69. The van der Waals surface area contributed by atoms with Crippen LogP contribution in [0, 0.1) is 0 Å². The minimum atomic E-state index is 0. The lowest BCUT2D eigenvalue weighted by molar-refractivity contribution is 0.362. The molecule has 1 aromatic rings. The van der Waals surface area contributed by atoms with Gasteiger partial charge in [0.2, 0.25) is 0 Å². The van der Waals surface area contributed by atoms with Gasteiger partial charge in [-0.1, -0.05) is 13.0 Å². The molecule has 0 amide bonds. The van der Waals surface area contributed by atoms with Crippen molar-refractivity contribution in [1.29, 1.82) is 0 Å². The van der Waals surface area contributed by atoms with E-state index in [9.17, 15) is 0 Å². The highest BCUT2D eigenvalue weighted by atomic mass is 127. The summed E-state index contributed by atoms with van der Waals surface area (Å²) in [6, 6.07) is 4.30. The van der Waals surface area contributed by atoms with Crippen LogP contribution < -0.4 is 5.32 Å². The molecule has 0 atom stereocenters. The van der Waals surface area contributed by atoms with Crippen LogP contribution in [0.5, 0.6) is 0 Å². The largest absolute Gasteiger partial charge is 0.357 e. The van der Waals surface area contributed by atoms with Crippen LogP contribution in [0.15, 0.2) is 22.5 Å². The van der Waals surface area contributed by atoms with Gasteiger partial charge in [0.05, 0.1) is 6.54 Å². The van der Waals surface area contributed by atoms with Crippen LogP contribution >= 0.6 is 35.3 Å². The van der Waals surface area contributed by atoms with Crippen molar-refractivity contribution >= 4 is 41.3 Å². The van der Waals surface area contributed by atoms with Crippen LogP contribution in [0.1, 0.15) is 18.7 Å². The lowest BCUT2D eigenvalue weighted by Crippen LogP contribution is -2.40. The van der Waals surface area contributed by atoms with Crippen LogP contribution in [0.3, 0.4) is 0 Å². The number of hydrogen-bond donors (Lipinski definition) is 1. The maximum atomic E-state index is 4.69. The summed E-state index contributed by atoms with van der Waals surface area (Å²) in [7, 11) is 4.24. The zero-order valence-electron chi connectivity index (χ0n) is 13.6. The van der Waals surface area contributed by atoms with Crippen molar-refractivity contribution in [2.45, 2.75) is 20.3 Å². The van der Waals surface area contributed by atoms with Crippen LogP contribution in [0.25, 0.3) is 0 Å². The topological polar surface area (TPSA) is 30.9 Å². The van der Waals surface area contributed by atoms with Gasteiger partial charge in [-0.25, -0.2) is 0 Å². The molecule has 122 valence electrons. The monoisotopic (exact) mass is 424 g/mol. The van der Waals surface area contributed by atoms with E-state index in [1.54, 1.807) is 0 Å². The molecule has 0 aliphatic carbocycles. The molecule has 0 saturated heterocycles. The molecule has 4 nitrogen and oxygen atoms in total. The van der Waals surface area contributed by atoms with E-state index < -0.39 is 0 Å². The van der Waals surface area contributed by atoms with Crippen molar-refractivity contribution in [2.75, 3.05) is 46.8 Å². The van der Waals surface area contributed by atoms with Gasteiger partial charge in [-0.05, 0) is 38.4 Å². The van der Waals surface area contributed by atoms with Crippen molar-refractivity contribution < 1.29 is 0 Å². The van der Waals surface area contributed by atoms with Crippen molar-refractivity contribution in [2.24, 2.45) is 4.99 Å². The third kappa shape index (κ3) is 8.63. The Morgan fingerprint density at radius 3 is 2.62 bits per heavy atom. The van der Waals surface area contributed by atoms with Crippen molar-refractivity contribution in [3.63, 3.8) is 0 Å². The van der Waals surface area contributed by atoms with E-state index in [1.165, 1.54) is 4.88 Å². The Hall–Kier alpha value is -0.340. The molecule has 0 saturated carbocycles. The second-order valence-corrected chi connectivity index (χ2v) is 5.91. The Morgan fingerprint density at radius 1 is 1.29 bits per heavy atom. The second-order valence-electron chi connectivity index (χ2n) is 4.88. The Morgan fingerprint density at radius 2 is 2.05 bits per heavy atom. The van der Waals surface area contributed by atoms with Crippen LogP contribution in [0.4, 0.5) is 0 Å². The first-order valence-corrected chi connectivity index (χ1v) is 8.25. The molecule has 1 rings (SSSR count). The summed E-state index contributed by atoms with van der Waals surface area (Å²) >= 11 is 1.82. The fourth-order valence-electron chi connectivity index (χ4n) is 1.79. The molecule has 0 aromatic carbocycles. The maximum Gasteiger partial charge on any atom is 0.193 e. The summed E-state index contributed by atoms with van der Waals surface area (Å²) in [5, 5.41) is 5.50. The summed E-state index contributed by atoms with van der Waals surface area (Å²) in [6.45, 7) is 9.10. The van der Waals surface area contributed by atoms with Gasteiger partial charge in [-0.15, -0.1) is 35.3 Å². The number of aliphatic imine (C=N–C) groups is 1. The summed E-state index contributed by atoms with van der Waals surface area (Å²) in [4.78, 5) is 10.6. The second kappa shape index (κ2) is 12.2. The summed E-state index contributed by atoms with van der Waals surface area (Å²) in [5.41, 5.74) is 0. The van der Waals surface area contributed by atoms with Gasteiger partial charge in [-0.2, -0.15) is 0 Å². The number of hydrogen-bond acceptors (Lipinski definition) is 3. The number of guanidine groups is 1. The van der Waals surface area contributed by atoms with Gasteiger partial charge in [0.15, 0.2) is 5.96 Å². The third-order valence-corrected chi connectivity index (χ3v) is 4.19. The predicted molar refractivity (Wildman–Crippen MR) is 105 cm³/mol. The quantitative estimate of drug-likeness (QED) is 0.396. The molecule has 1 N–H and O–H groups in total. The third-order valence-electron chi connectivity index (χ3n) is 3.25. The summed E-state index contributed by atoms with van der Waals surface area (Å²) in [6.07, 6.45) is 1.08. The van der Waals surface area contributed by atoms with Gasteiger partial charge in [0.1, 0.15) is 0 Å². The van der Waals surface area contributed by atoms with Crippen LogP contribution in [-0.2, 0) is 6.42 Å². The lowest BCUT2D eigenvalue weighted by Gasteiger charge is -2.22. The average molecular weight is 424 g/mol. The van der Waals surface area contributed by atoms with Crippen molar-refractivity contribution in [1.82, 2.24) is 15.1 Å². The van der Waals surface area contributed by atoms with E-state index in [0.717, 1.165) is 45.1 Å². The predicted octanol–water partition coefficient (Wildman–Crippen LogP) is 2.76. The molecule has 0 spiro atoms. The van der Waals surface area contributed by atoms with Gasteiger partial charge in [0.25, 0.3) is 0 Å². The van der Waals surface area contributed by atoms with Crippen LogP contribution in [0.2, 0.25) is 0 Å². The SMILES string of the molecule is CCNC(=NCCN(C)CC)N(C)CCc1cccs1.I. The van der Waals surface area contributed by atoms with Gasteiger partial charge in [-0.3, -0.25) is 4.99 Å². The Bertz CT molecular complexity index is 381. The number of halogens is 1. The number of rotatable bonds is 8. The Kier molecular flexibility index (Phi) is 12.0. The Balaban J connectivity index is 0.00000400. The molecule has 6 heteroatoms. The molecule has 1 heterocycles.